The van der Waals surface area contributed by atoms with Crippen molar-refractivity contribution in [1.82, 2.24) is 15.2 Å². The van der Waals surface area contributed by atoms with Crippen LogP contribution in [0.3, 0.4) is 0 Å². The molecule has 21 heavy (non-hydrogen) atoms. The number of aryl methyl sites for hydroxylation is 1. The summed E-state index contributed by atoms with van der Waals surface area (Å²) in [6.07, 6.45) is 0. The van der Waals surface area contributed by atoms with Gasteiger partial charge in [0, 0.05) is 38.6 Å². The highest BCUT2D eigenvalue weighted by Gasteiger charge is 2.19. The van der Waals surface area contributed by atoms with Crippen molar-refractivity contribution in [2.75, 3.05) is 38.1 Å². The molecular weight excluding hydrogens is 280 g/mol. The van der Waals surface area contributed by atoms with Crippen LogP contribution in [-0.2, 0) is 0 Å². The van der Waals surface area contributed by atoms with Gasteiger partial charge in [0.1, 0.15) is 5.82 Å². The second-order valence-electron chi connectivity index (χ2n) is 5.34. The Morgan fingerprint density at radius 3 is 2.62 bits per heavy atom. The molecule has 5 heteroatoms. The Bertz CT molecular complexity index is 662. The fourth-order valence-corrected chi connectivity index (χ4v) is 2.97. The van der Waals surface area contributed by atoms with Crippen LogP contribution < -0.4 is 10.2 Å². The molecule has 1 saturated heterocycles. The molecule has 0 saturated carbocycles. The van der Waals surface area contributed by atoms with E-state index in [4.69, 9.17) is 17.2 Å². The Morgan fingerprint density at radius 2 is 1.90 bits per heavy atom. The first-order chi connectivity index (χ1) is 10.2. The van der Waals surface area contributed by atoms with Gasteiger partial charge >= 0.3 is 0 Å². The summed E-state index contributed by atoms with van der Waals surface area (Å²) in [5.74, 6) is 1.07. The van der Waals surface area contributed by atoms with Crippen molar-refractivity contribution in [1.29, 1.82) is 0 Å². The summed E-state index contributed by atoms with van der Waals surface area (Å²) >= 11 is 5.30. The standard InChI is InChI=1S/C16H20N4S/c1-12-11-15(18-14-6-4-3-5-13(12)14)19-7-9-20(10-8-19)16(21)17-2/h3-6,11H,7-10H2,1-2H3,(H,17,21). The molecule has 0 unspecified atom stereocenters. The van der Waals surface area contributed by atoms with Crippen LogP contribution in [-0.4, -0.2) is 48.2 Å². The zero-order chi connectivity index (χ0) is 14.8. The number of hydrogen-bond acceptors (Lipinski definition) is 3. The molecule has 0 bridgehead atoms. The zero-order valence-corrected chi connectivity index (χ0v) is 13.3. The van der Waals surface area contributed by atoms with Gasteiger partial charge in [0.05, 0.1) is 5.52 Å². The van der Waals surface area contributed by atoms with E-state index in [1.165, 1.54) is 10.9 Å². The minimum absolute atomic E-state index is 0.831. The van der Waals surface area contributed by atoms with Gasteiger partial charge in [-0.2, -0.15) is 0 Å². The number of para-hydroxylation sites is 1. The van der Waals surface area contributed by atoms with Gasteiger partial charge in [-0.05, 0) is 36.8 Å². The first kappa shape index (κ1) is 14.1. The fourth-order valence-electron chi connectivity index (χ4n) is 2.79. The Morgan fingerprint density at radius 1 is 1.19 bits per heavy atom. The molecule has 1 aromatic carbocycles. The van der Waals surface area contributed by atoms with E-state index in [0.29, 0.717) is 0 Å². The average molecular weight is 300 g/mol. The van der Waals surface area contributed by atoms with Gasteiger partial charge < -0.3 is 15.1 Å². The lowest BCUT2D eigenvalue weighted by molar-refractivity contribution is 0.381. The van der Waals surface area contributed by atoms with Crippen molar-refractivity contribution in [2.24, 2.45) is 0 Å². The van der Waals surface area contributed by atoms with Gasteiger partial charge in [0.15, 0.2) is 5.11 Å². The second kappa shape index (κ2) is 5.85. The SMILES string of the molecule is CNC(=S)N1CCN(c2cc(C)c3ccccc3n2)CC1. The molecule has 0 radical (unpaired) electrons. The normalized spacial score (nSPS) is 15.3. The molecule has 2 heterocycles. The molecule has 0 amide bonds. The number of benzene rings is 1. The van der Waals surface area contributed by atoms with Gasteiger partial charge in [0.25, 0.3) is 0 Å². The number of aromatic nitrogens is 1. The van der Waals surface area contributed by atoms with Gasteiger partial charge in [-0.15, -0.1) is 0 Å². The van der Waals surface area contributed by atoms with Gasteiger partial charge in [-0.25, -0.2) is 4.98 Å². The van der Waals surface area contributed by atoms with Gasteiger partial charge in [0.2, 0.25) is 0 Å². The van der Waals surface area contributed by atoms with Crippen LogP contribution in [0.5, 0.6) is 0 Å². The smallest absolute Gasteiger partial charge is 0.168 e. The molecule has 1 aliphatic rings. The van der Waals surface area contributed by atoms with Crippen LogP contribution in [0.2, 0.25) is 0 Å². The van der Waals surface area contributed by atoms with Gasteiger partial charge in [-0.3, -0.25) is 0 Å². The van der Waals surface area contributed by atoms with Crippen LogP contribution in [0.4, 0.5) is 5.82 Å². The molecule has 2 aromatic rings. The summed E-state index contributed by atoms with van der Waals surface area (Å²) in [6.45, 7) is 5.93. The number of nitrogens with one attached hydrogen (secondary N) is 1. The van der Waals surface area contributed by atoms with Crippen molar-refractivity contribution in [3.63, 3.8) is 0 Å². The maximum atomic E-state index is 5.30. The minimum atomic E-state index is 0.831. The molecular formula is C16H20N4S. The third-order valence-corrected chi connectivity index (χ3v) is 4.48. The van der Waals surface area contributed by atoms with E-state index in [2.05, 4.69) is 46.3 Å². The number of pyridine rings is 1. The van der Waals surface area contributed by atoms with Crippen LogP contribution in [0.25, 0.3) is 10.9 Å². The third-order valence-electron chi connectivity index (χ3n) is 4.01. The predicted molar refractivity (Wildman–Crippen MR) is 91.9 cm³/mol. The van der Waals surface area contributed by atoms with E-state index in [1.807, 2.05) is 13.1 Å². The Hall–Kier alpha value is -1.88. The summed E-state index contributed by atoms with van der Waals surface area (Å²) in [4.78, 5) is 9.36. The molecule has 0 spiro atoms. The van der Waals surface area contributed by atoms with E-state index in [0.717, 1.165) is 42.6 Å². The van der Waals surface area contributed by atoms with Crippen molar-refractivity contribution < 1.29 is 0 Å². The summed E-state index contributed by atoms with van der Waals surface area (Å²) in [6, 6.07) is 10.5. The highest BCUT2D eigenvalue weighted by molar-refractivity contribution is 7.80. The van der Waals surface area contributed by atoms with Crippen molar-refractivity contribution in [2.45, 2.75) is 6.92 Å². The summed E-state index contributed by atoms with van der Waals surface area (Å²) in [7, 11) is 1.88. The maximum Gasteiger partial charge on any atom is 0.168 e. The number of nitrogens with zero attached hydrogens (tertiary/aromatic N) is 3. The second-order valence-corrected chi connectivity index (χ2v) is 5.73. The fraction of sp³-hybridized carbons (Fsp3) is 0.375. The number of thiocarbonyl (C=S) groups is 1. The van der Waals surface area contributed by atoms with E-state index < -0.39 is 0 Å². The minimum Gasteiger partial charge on any atom is -0.366 e. The first-order valence-electron chi connectivity index (χ1n) is 7.27. The predicted octanol–water partition coefficient (Wildman–Crippen LogP) is 2.17. The Labute approximate surface area is 130 Å². The summed E-state index contributed by atoms with van der Waals surface area (Å²) in [5.41, 5.74) is 2.35. The number of rotatable bonds is 1. The summed E-state index contributed by atoms with van der Waals surface area (Å²) < 4.78 is 0. The van der Waals surface area contributed by atoms with Crippen molar-refractivity contribution >= 4 is 34.1 Å². The van der Waals surface area contributed by atoms with Crippen molar-refractivity contribution in [3.8, 4) is 0 Å². The largest absolute Gasteiger partial charge is 0.366 e. The lowest BCUT2D eigenvalue weighted by atomic mass is 10.1. The number of fused-ring (bicyclic) bond motifs is 1. The van der Waals surface area contributed by atoms with Gasteiger partial charge in [-0.1, -0.05) is 18.2 Å². The maximum absolute atomic E-state index is 5.30. The number of piperazine rings is 1. The topological polar surface area (TPSA) is 31.4 Å². The van der Waals surface area contributed by atoms with E-state index >= 15 is 0 Å². The molecule has 0 aliphatic carbocycles. The molecule has 1 aliphatic heterocycles. The van der Waals surface area contributed by atoms with Crippen molar-refractivity contribution in [3.05, 3.63) is 35.9 Å². The zero-order valence-electron chi connectivity index (χ0n) is 12.5. The Kier molecular flexibility index (Phi) is 3.92. The van der Waals surface area contributed by atoms with E-state index in [1.54, 1.807) is 0 Å². The third kappa shape index (κ3) is 2.78. The lowest BCUT2D eigenvalue weighted by Gasteiger charge is -2.36. The molecule has 1 aromatic heterocycles. The summed E-state index contributed by atoms with van der Waals surface area (Å²) in [5, 5.41) is 5.11. The Balaban J connectivity index is 1.81. The van der Waals surface area contributed by atoms with E-state index in [-0.39, 0.29) is 0 Å². The molecule has 1 N–H and O–H groups in total. The van der Waals surface area contributed by atoms with Crippen LogP contribution >= 0.6 is 12.2 Å². The quantitative estimate of drug-likeness (QED) is 0.816. The molecule has 1 fully saturated rings. The number of hydrogen-bond donors (Lipinski definition) is 1. The highest BCUT2D eigenvalue weighted by atomic mass is 32.1. The lowest BCUT2D eigenvalue weighted by Crippen LogP contribution is -2.51. The molecule has 3 rings (SSSR count). The monoisotopic (exact) mass is 300 g/mol. The first-order valence-corrected chi connectivity index (χ1v) is 7.68. The molecule has 4 nitrogen and oxygen atoms in total. The number of anilines is 1. The molecule has 0 atom stereocenters. The van der Waals surface area contributed by atoms with Crippen LogP contribution in [0, 0.1) is 6.92 Å². The van der Waals surface area contributed by atoms with Crippen LogP contribution in [0.15, 0.2) is 30.3 Å². The highest BCUT2D eigenvalue weighted by Crippen LogP contribution is 2.23. The van der Waals surface area contributed by atoms with Crippen LogP contribution in [0.1, 0.15) is 5.56 Å². The van der Waals surface area contributed by atoms with E-state index in [9.17, 15) is 0 Å². The average Bonchev–Trinajstić information content (AvgIpc) is 2.54. The molecule has 110 valence electrons.